The summed E-state index contributed by atoms with van der Waals surface area (Å²) >= 11 is 0. The van der Waals surface area contributed by atoms with Crippen LogP contribution in [0.15, 0.2) is 23.1 Å². The first kappa shape index (κ1) is 22.8. The quantitative estimate of drug-likeness (QED) is 0.564. The van der Waals surface area contributed by atoms with Gasteiger partial charge in [0.15, 0.2) is 6.10 Å². The first-order valence-corrected chi connectivity index (χ1v) is 10.9. The number of nitrogens with one attached hydrogen (secondary N) is 3. The van der Waals surface area contributed by atoms with Crippen molar-refractivity contribution < 1.29 is 27.5 Å². The fraction of sp³-hybridized carbons (Fsp3) is 0.526. The summed E-state index contributed by atoms with van der Waals surface area (Å²) in [5.74, 6) is -1.72. The Morgan fingerprint density at radius 1 is 1.17 bits per heavy atom. The van der Waals surface area contributed by atoms with E-state index in [1.54, 1.807) is 26.0 Å². The van der Waals surface area contributed by atoms with Crippen LogP contribution < -0.4 is 15.4 Å². The fourth-order valence-corrected chi connectivity index (χ4v) is 4.32. The van der Waals surface area contributed by atoms with Gasteiger partial charge in [0, 0.05) is 6.04 Å². The Balaban J connectivity index is 1.82. The third kappa shape index (κ3) is 6.82. The lowest BCUT2D eigenvalue weighted by molar-refractivity contribution is -0.153. The summed E-state index contributed by atoms with van der Waals surface area (Å²) in [6, 6.07) is 4.36. The maximum absolute atomic E-state index is 12.4. The summed E-state index contributed by atoms with van der Waals surface area (Å²) in [5.41, 5.74) is 1.30. The van der Waals surface area contributed by atoms with Gasteiger partial charge in [0.25, 0.3) is 5.91 Å². The van der Waals surface area contributed by atoms with E-state index in [0.717, 1.165) is 31.2 Å². The number of hydrogen-bond donors (Lipinski definition) is 3. The highest BCUT2D eigenvalue weighted by atomic mass is 32.2. The number of rotatable bonds is 7. The summed E-state index contributed by atoms with van der Waals surface area (Å²) in [6.07, 6.45) is 2.55. The first-order valence-electron chi connectivity index (χ1n) is 9.46. The zero-order valence-electron chi connectivity index (χ0n) is 16.8. The largest absolute Gasteiger partial charge is 0.452 e. The lowest BCUT2D eigenvalue weighted by Crippen LogP contribution is -2.47. The number of sulfonamides is 1. The summed E-state index contributed by atoms with van der Waals surface area (Å²) in [4.78, 5) is 35.8. The monoisotopic (exact) mass is 425 g/mol. The average molecular weight is 426 g/mol. The molecule has 3 N–H and O–H groups in total. The molecule has 1 fully saturated rings. The molecular weight excluding hydrogens is 398 g/mol. The molecule has 1 aliphatic rings. The second-order valence-corrected chi connectivity index (χ2v) is 8.91. The van der Waals surface area contributed by atoms with Crippen LogP contribution in [-0.2, 0) is 24.3 Å². The van der Waals surface area contributed by atoms with E-state index in [4.69, 9.17) is 4.74 Å². The van der Waals surface area contributed by atoms with E-state index < -0.39 is 40.6 Å². The summed E-state index contributed by atoms with van der Waals surface area (Å²) in [5, 5.41) is 4.81. The molecule has 160 valence electrons. The van der Waals surface area contributed by atoms with Crippen molar-refractivity contribution in [3.05, 3.63) is 29.3 Å². The molecule has 2 rings (SSSR count). The molecule has 0 aromatic heterocycles. The van der Waals surface area contributed by atoms with Crippen molar-refractivity contribution in [2.45, 2.75) is 63.5 Å². The standard InChI is InChI=1S/C19H27N3O6S/c1-12-8-9-13(2)16(10-12)29(26,27)20-11-17(23)28-14(3)18(24)22-19(25)21-15-6-4-5-7-15/h8-10,14-15,20H,4-7,11H2,1-3H3,(H2,21,22,24,25)/t14-/m0/s1. The Bertz CT molecular complexity index is 878. The Labute approximate surface area is 170 Å². The summed E-state index contributed by atoms with van der Waals surface area (Å²) in [7, 11) is -3.91. The molecule has 0 heterocycles. The molecule has 0 radical (unpaired) electrons. The zero-order chi connectivity index (χ0) is 21.6. The van der Waals surface area contributed by atoms with Crippen LogP contribution in [0.5, 0.6) is 0 Å². The van der Waals surface area contributed by atoms with Crippen molar-refractivity contribution in [2.75, 3.05) is 6.54 Å². The number of aryl methyl sites for hydroxylation is 2. The highest BCUT2D eigenvalue weighted by Crippen LogP contribution is 2.17. The number of urea groups is 1. The van der Waals surface area contributed by atoms with Crippen LogP contribution in [0.1, 0.15) is 43.7 Å². The van der Waals surface area contributed by atoms with E-state index in [1.165, 1.54) is 13.0 Å². The van der Waals surface area contributed by atoms with E-state index in [2.05, 4.69) is 15.4 Å². The number of benzene rings is 1. The van der Waals surface area contributed by atoms with Gasteiger partial charge in [-0.15, -0.1) is 0 Å². The maximum Gasteiger partial charge on any atom is 0.321 e. The number of carbonyl (C=O) groups is 3. The second kappa shape index (κ2) is 9.84. The van der Waals surface area contributed by atoms with Crippen molar-refractivity contribution in [1.82, 2.24) is 15.4 Å². The van der Waals surface area contributed by atoms with Crippen molar-refractivity contribution in [2.24, 2.45) is 0 Å². The third-order valence-electron chi connectivity index (χ3n) is 4.64. The topological polar surface area (TPSA) is 131 Å². The fourth-order valence-electron chi connectivity index (χ4n) is 3.03. The SMILES string of the molecule is Cc1ccc(C)c(S(=O)(=O)NCC(=O)O[C@@H](C)C(=O)NC(=O)NC2CCCC2)c1. The molecule has 9 nitrogen and oxygen atoms in total. The molecular formula is C19H27N3O6S. The Hall–Kier alpha value is -2.46. The van der Waals surface area contributed by atoms with Gasteiger partial charge >= 0.3 is 12.0 Å². The minimum atomic E-state index is -3.91. The molecule has 0 spiro atoms. The van der Waals surface area contributed by atoms with Crippen LogP contribution in [0.25, 0.3) is 0 Å². The molecule has 1 aromatic rings. The van der Waals surface area contributed by atoms with Gasteiger partial charge in [0.05, 0.1) is 4.90 Å². The van der Waals surface area contributed by atoms with Crippen LogP contribution in [0.4, 0.5) is 4.79 Å². The molecule has 1 aliphatic carbocycles. The first-order chi connectivity index (χ1) is 13.6. The molecule has 1 saturated carbocycles. The van der Waals surface area contributed by atoms with Gasteiger partial charge in [0.1, 0.15) is 6.54 Å². The molecule has 0 bridgehead atoms. The van der Waals surface area contributed by atoms with Crippen LogP contribution in [0.2, 0.25) is 0 Å². The van der Waals surface area contributed by atoms with Crippen LogP contribution in [-0.4, -0.2) is 45.0 Å². The van der Waals surface area contributed by atoms with Crippen molar-refractivity contribution in [3.8, 4) is 0 Å². The highest BCUT2D eigenvalue weighted by molar-refractivity contribution is 7.89. The van der Waals surface area contributed by atoms with Gasteiger partial charge in [-0.1, -0.05) is 25.0 Å². The van der Waals surface area contributed by atoms with Gasteiger partial charge < -0.3 is 10.1 Å². The summed E-state index contributed by atoms with van der Waals surface area (Å²) < 4.78 is 31.9. The van der Waals surface area contributed by atoms with Crippen molar-refractivity contribution >= 4 is 27.9 Å². The predicted octanol–water partition coefficient (Wildman–Crippen LogP) is 1.28. The van der Waals surface area contributed by atoms with E-state index >= 15 is 0 Å². The van der Waals surface area contributed by atoms with Gasteiger partial charge in [-0.25, -0.2) is 13.2 Å². The third-order valence-corrected chi connectivity index (χ3v) is 6.19. The van der Waals surface area contributed by atoms with E-state index in [0.29, 0.717) is 5.56 Å². The highest BCUT2D eigenvalue weighted by Gasteiger charge is 2.24. The normalized spacial score (nSPS) is 15.6. The molecule has 1 aromatic carbocycles. The Morgan fingerprint density at radius 2 is 1.83 bits per heavy atom. The van der Waals surface area contributed by atoms with Gasteiger partial charge in [-0.05, 0) is 50.8 Å². The molecule has 3 amide bonds. The van der Waals surface area contributed by atoms with E-state index in [9.17, 15) is 22.8 Å². The van der Waals surface area contributed by atoms with E-state index in [1.807, 2.05) is 0 Å². The average Bonchev–Trinajstić information content (AvgIpc) is 3.14. The summed E-state index contributed by atoms with van der Waals surface area (Å²) in [6.45, 7) is 4.07. The number of imide groups is 1. The number of ether oxygens (including phenoxy) is 1. The molecule has 0 aliphatic heterocycles. The molecule has 0 unspecified atom stereocenters. The molecule has 1 atom stereocenters. The van der Waals surface area contributed by atoms with Gasteiger partial charge in [0.2, 0.25) is 10.0 Å². The van der Waals surface area contributed by atoms with E-state index in [-0.39, 0.29) is 10.9 Å². The van der Waals surface area contributed by atoms with Crippen LogP contribution >= 0.6 is 0 Å². The van der Waals surface area contributed by atoms with Crippen LogP contribution in [0.3, 0.4) is 0 Å². The Morgan fingerprint density at radius 3 is 2.48 bits per heavy atom. The minimum Gasteiger partial charge on any atom is -0.452 e. The minimum absolute atomic E-state index is 0.0418. The molecule has 29 heavy (non-hydrogen) atoms. The predicted molar refractivity (Wildman–Crippen MR) is 106 cm³/mol. The van der Waals surface area contributed by atoms with Gasteiger partial charge in [-0.3, -0.25) is 14.9 Å². The lowest BCUT2D eigenvalue weighted by Gasteiger charge is -2.16. The molecule has 10 heteroatoms. The second-order valence-electron chi connectivity index (χ2n) is 7.17. The van der Waals surface area contributed by atoms with Crippen molar-refractivity contribution in [1.29, 1.82) is 0 Å². The van der Waals surface area contributed by atoms with Gasteiger partial charge in [-0.2, -0.15) is 4.72 Å². The smallest absolute Gasteiger partial charge is 0.321 e. The number of amides is 3. The number of esters is 1. The van der Waals surface area contributed by atoms with Crippen molar-refractivity contribution in [3.63, 3.8) is 0 Å². The molecule has 0 saturated heterocycles. The Kier molecular flexibility index (Phi) is 7.74. The number of hydrogen-bond acceptors (Lipinski definition) is 6. The maximum atomic E-state index is 12.4. The van der Waals surface area contributed by atoms with Crippen LogP contribution in [0, 0.1) is 13.8 Å². The number of carbonyl (C=O) groups excluding carboxylic acids is 3. The zero-order valence-corrected chi connectivity index (χ0v) is 17.6. The lowest BCUT2D eigenvalue weighted by atomic mass is 10.2.